The van der Waals surface area contributed by atoms with Crippen LogP contribution in [0.2, 0.25) is 0 Å². The minimum atomic E-state index is -0.776. The van der Waals surface area contributed by atoms with Gasteiger partial charge < -0.3 is 15.3 Å². The number of amides is 2. The highest BCUT2D eigenvalue weighted by atomic mass is 19.1. The van der Waals surface area contributed by atoms with Gasteiger partial charge in [0.15, 0.2) is 5.82 Å². The summed E-state index contributed by atoms with van der Waals surface area (Å²) in [5, 5.41) is 12.0. The van der Waals surface area contributed by atoms with Gasteiger partial charge in [0.05, 0.1) is 41.6 Å². The second-order valence-electron chi connectivity index (χ2n) is 8.22. The highest BCUT2D eigenvalue weighted by Crippen LogP contribution is 2.28. The van der Waals surface area contributed by atoms with E-state index in [0.29, 0.717) is 30.0 Å². The highest BCUT2D eigenvalue weighted by Gasteiger charge is 2.29. The van der Waals surface area contributed by atoms with E-state index in [1.165, 1.54) is 6.07 Å². The van der Waals surface area contributed by atoms with Gasteiger partial charge in [0, 0.05) is 19.5 Å². The number of benzene rings is 2. The summed E-state index contributed by atoms with van der Waals surface area (Å²) in [6.07, 6.45) is 0.0500. The van der Waals surface area contributed by atoms with E-state index in [4.69, 9.17) is 0 Å². The number of halogens is 2. The fourth-order valence-electron chi connectivity index (χ4n) is 4.07. The molecule has 33 heavy (non-hydrogen) atoms. The fourth-order valence-corrected chi connectivity index (χ4v) is 4.07. The first-order chi connectivity index (χ1) is 15.9. The smallest absolute Gasteiger partial charge is 0.255 e. The number of nitrogens with zero attached hydrogens (tertiary/aromatic N) is 3. The second kappa shape index (κ2) is 8.32. The van der Waals surface area contributed by atoms with Gasteiger partial charge in [0.25, 0.3) is 5.91 Å². The summed E-state index contributed by atoms with van der Waals surface area (Å²) in [7, 11) is 0. The molecule has 0 spiro atoms. The number of hydrogen-bond acceptors (Lipinski definition) is 5. The maximum Gasteiger partial charge on any atom is 0.255 e. The molecule has 0 unspecified atom stereocenters. The van der Waals surface area contributed by atoms with Gasteiger partial charge in [-0.2, -0.15) is 0 Å². The summed E-state index contributed by atoms with van der Waals surface area (Å²) in [5.41, 5.74) is 2.43. The van der Waals surface area contributed by atoms with Crippen LogP contribution < -0.4 is 5.32 Å². The van der Waals surface area contributed by atoms with E-state index < -0.39 is 17.7 Å². The minimum Gasteiger partial charge on any atom is -0.389 e. The molecular formula is C24H20F2N4O3. The van der Waals surface area contributed by atoms with E-state index in [2.05, 4.69) is 15.3 Å². The van der Waals surface area contributed by atoms with Crippen molar-refractivity contribution >= 4 is 11.8 Å². The van der Waals surface area contributed by atoms with Crippen molar-refractivity contribution in [3.63, 3.8) is 0 Å². The number of hydrogen-bond donors (Lipinski definition) is 2. The van der Waals surface area contributed by atoms with Gasteiger partial charge in [-0.1, -0.05) is 30.3 Å². The minimum absolute atomic E-state index is 0.0464. The SMILES string of the molecule is O=C1NCc2nc(-c3c(F)cccc3F)nc(Cc3ccc(CC(=O)N4CC(O)C4)cc3)c21. The van der Waals surface area contributed by atoms with Crippen molar-refractivity contribution in [3.8, 4) is 11.4 Å². The van der Waals surface area contributed by atoms with Gasteiger partial charge in [-0.25, -0.2) is 18.7 Å². The third kappa shape index (κ3) is 4.07. The molecule has 2 aliphatic rings. The van der Waals surface area contributed by atoms with Crippen molar-refractivity contribution in [1.29, 1.82) is 0 Å². The number of likely N-dealkylation sites (tertiary alicyclic amines) is 1. The van der Waals surface area contributed by atoms with Crippen LogP contribution in [0.4, 0.5) is 8.78 Å². The molecule has 2 amide bonds. The molecule has 0 aliphatic carbocycles. The van der Waals surface area contributed by atoms with E-state index in [1.807, 2.05) is 24.3 Å². The average Bonchev–Trinajstić information content (AvgIpc) is 3.14. The first-order valence-electron chi connectivity index (χ1n) is 10.5. The lowest BCUT2D eigenvalue weighted by atomic mass is 10.0. The van der Waals surface area contributed by atoms with Gasteiger partial charge in [-0.3, -0.25) is 9.59 Å². The van der Waals surface area contributed by atoms with Crippen LogP contribution in [-0.4, -0.2) is 51.0 Å². The molecule has 0 atom stereocenters. The Morgan fingerprint density at radius 1 is 1.03 bits per heavy atom. The molecule has 1 saturated heterocycles. The Morgan fingerprint density at radius 3 is 2.36 bits per heavy atom. The molecule has 2 N–H and O–H groups in total. The molecule has 1 fully saturated rings. The van der Waals surface area contributed by atoms with Crippen molar-refractivity contribution in [3.05, 3.63) is 82.2 Å². The average molecular weight is 450 g/mol. The predicted molar refractivity (Wildman–Crippen MR) is 114 cm³/mol. The largest absolute Gasteiger partial charge is 0.389 e. The van der Waals surface area contributed by atoms with Gasteiger partial charge in [-0.15, -0.1) is 0 Å². The van der Waals surface area contributed by atoms with E-state index in [9.17, 15) is 23.5 Å². The summed E-state index contributed by atoms with van der Waals surface area (Å²) in [6, 6.07) is 10.9. The van der Waals surface area contributed by atoms with Crippen LogP contribution in [0.25, 0.3) is 11.4 Å². The lowest BCUT2D eigenvalue weighted by molar-refractivity contribution is -0.140. The van der Waals surface area contributed by atoms with Crippen LogP contribution in [0.1, 0.15) is 32.9 Å². The van der Waals surface area contributed by atoms with Crippen molar-refractivity contribution in [1.82, 2.24) is 20.2 Å². The molecule has 0 radical (unpaired) electrons. The summed E-state index contributed by atoms with van der Waals surface area (Å²) < 4.78 is 28.7. The Morgan fingerprint density at radius 2 is 1.70 bits per heavy atom. The van der Waals surface area contributed by atoms with E-state index in [0.717, 1.165) is 23.3 Å². The van der Waals surface area contributed by atoms with Crippen LogP contribution in [0.15, 0.2) is 42.5 Å². The van der Waals surface area contributed by atoms with Gasteiger partial charge in [-0.05, 0) is 23.3 Å². The van der Waals surface area contributed by atoms with E-state index in [1.54, 1.807) is 4.90 Å². The Kier molecular flexibility index (Phi) is 5.33. The summed E-state index contributed by atoms with van der Waals surface area (Å²) in [5.74, 6) is -2.02. The standard InChI is InChI=1S/C24H20F2N4O3/c25-16-2-1-3-17(26)21(16)23-28-18(22-19(29-23)10-27-24(22)33)8-13-4-6-14(7-5-13)9-20(32)30-11-15(31)12-30/h1-7,15,31H,8-12H2,(H,27,33). The molecule has 9 heteroatoms. The first kappa shape index (κ1) is 21.1. The number of nitrogens with one attached hydrogen (secondary N) is 1. The van der Waals surface area contributed by atoms with E-state index in [-0.39, 0.29) is 42.6 Å². The van der Waals surface area contributed by atoms with Gasteiger partial charge >= 0.3 is 0 Å². The quantitative estimate of drug-likeness (QED) is 0.620. The summed E-state index contributed by atoms with van der Waals surface area (Å²) in [6.45, 7) is 0.893. The molecule has 2 aromatic carbocycles. The number of carbonyl (C=O) groups is 2. The van der Waals surface area contributed by atoms with Gasteiger partial charge in [0.1, 0.15) is 11.6 Å². The molecule has 0 bridgehead atoms. The Bertz CT molecular complexity index is 1240. The molecule has 2 aliphatic heterocycles. The van der Waals surface area contributed by atoms with Crippen molar-refractivity contribution in [2.24, 2.45) is 0 Å². The molecule has 1 aromatic heterocycles. The van der Waals surface area contributed by atoms with Crippen molar-refractivity contribution in [2.45, 2.75) is 25.5 Å². The molecule has 0 saturated carbocycles. The molecule has 3 heterocycles. The normalized spacial score (nSPS) is 15.2. The first-order valence-corrected chi connectivity index (χ1v) is 10.5. The zero-order valence-electron chi connectivity index (χ0n) is 17.5. The summed E-state index contributed by atoms with van der Waals surface area (Å²) >= 11 is 0. The number of β-amino-alcohol motifs (C(OH)–C–C–N with tert-alkyl or cyclic N) is 1. The maximum atomic E-state index is 14.3. The van der Waals surface area contributed by atoms with Gasteiger partial charge in [0.2, 0.25) is 5.91 Å². The Balaban J connectivity index is 1.42. The molecule has 7 nitrogen and oxygen atoms in total. The van der Waals surface area contributed by atoms with E-state index >= 15 is 0 Å². The predicted octanol–water partition coefficient (Wildman–Crippen LogP) is 2.00. The third-order valence-corrected chi connectivity index (χ3v) is 5.85. The van der Waals surface area contributed by atoms with Crippen molar-refractivity contribution < 1.29 is 23.5 Å². The topological polar surface area (TPSA) is 95.4 Å². The maximum absolute atomic E-state index is 14.3. The molecular weight excluding hydrogens is 430 g/mol. The van der Waals surface area contributed by atoms with Crippen molar-refractivity contribution in [2.75, 3.05) is 13.1 Å². The number of aliphatic hydroxyl groups excluding tert-OH is 1. The van der Waals surface area contributed by atoms with Crippen LogP contribution in [0.5, 0.6) is 0 Å². The number of aliphatic hydroxyl groups is 1. The summed E-state index contributed by atoms with van der Waals surface area (Å²) in [4.78, 5) is 34.8. The van der Waals surface area contributed by atoms with Crippen LogP contribution in [-0.2, 0) is 24.2 Å². The molecule has 168 valence electrons. The monoisotopic (exact) mass is 450 g/mol. The lowest BCUT2D eigenvalue weighted by Gasteiger charge is -2.35. The number of rotatable bonds is 5. The molecule has 3 aromatic rings. The fraction of sp³-hybridized carbons (Fsp3) is 0.250. The van der Waals surface area contributed by atoms with Crippen LogP contribution >= 0.6 is 0 Å². The van der Waals surface area contributed by atoms with Crippen LogP contribution in [0, 0.1) is 11.6 Å². The number of carbonyl (C=O) groups excluding carboxylic acids is 2. The lowest BCUT2D eigenvalue weighted by Crippen LogP contribution is -2.53. The van der Waals surface area contributed by atoms with Crippen LogP contribution in [0.3, 0.4) is 0 Å². The molecule has 5 rings (SSSR count). The zero-order chi connectivity index (χ0) is 23.1. The Labute approximate surface area is 188 Å². The second-order valence-corrected chi connectivity index (χ2v) is 8.22. The highest BCUT2D eigenvalue weighted by molar-refractivity contribution is 5.99. The Hall–Kier alpha value is -3.72. The number of aromatic nitrogens is 2. The third-order valence-electron chi connectivity index (χ3n) is 5.85. The number of fused-ring (bicyclic) bond motifs is 1. The zero-order valence-corrected chi connectivity index (χ0v) is 17.5.